The van der Waals surface area contributed by atoms with Gasteiger partial charge in [0.15, 0.2) is 0 Å². The van der Waals surface area contributed by atoms with Gasteiger partial charge in [-0.1, -0.05) is 188 Å². The van der Waals surface area contributed by atoms with Gasteiger partial charge in [-0.2, -0.15) is 0 Å². The number of aromatic nitrogens is 2. The van der Waals surface area contributed by atoms with Crippen LogP contribution in [0.15, 0.2) is 104 Å². The Kier molecular flexibility index (Phi) is 23.3. The van der Waals surface area contributed by atoms with Crippen molar-refractivity contribution in [3.05, 3.63) is 143 Å². The Morgan fingerprint density at radius 3 is 1.49 bits per heavy atom. The predicted molar refractivity (Wildman–Crippen MR) is 264 cm³/mol. The molecule has 1 aliphatic heterocycles. The first-order valence-corrected chi connectivity index (χ1v) is 22.3. The maximum absolute atomic E-state index is 11.4. The van der Waals surface area contributed by atoms with E-state index in [2.05, 4.69) is 178 Å². The fourth-order valence-electron chi connectivity index (χ4n) is 6.82. The number of anilines is 1. The number of hydrogen-bond acceptors (Lipinski definition) is 3. The molecule has 0 fully saturated rings. The highest BCUT2D eigenvalue weighted by atomic mass is 16.1. The van der Waals surface area contributed by atoms with Gasteiger partial charge in [0.1, 0.15) is 5.78 Å². The molecule has 0 bridgehead atoms. The summed E-state index contributed by atoms with van der Waals surface area (Å²) >= 11 is 0. The molecule has 4 nitrogen and oxygen atoms in total. The molecule has 5 aromatic rings. The summed E-state index contributed by atoms with van der Waals surface area (Å²) in [4.78, 5) is 18.6. The van der Waals surface area contributed by atoms with Crippen molar-refractivity contribution in [1.82, 2.24) is 9.97 Å². The first-order valence-electron chi connectivity index (χ1n) is 22.3. The highest BCUT2D eigenvalue weighted by Crippen LogP contribution is 2.36. The van der Waals surface area contributed by atoms with E-state index in [1.807, 2.05) is 74.0 Å². The normalized spacial score (nSPS) is 12.4. The Morgan fingerprint density at radius 1 is 0.525 bits per heavy atom. The minimum Gasteiger partial charge on any atom is -0.361 e. The summed E-state index contributed by atoms with van der Waals surface area (Å²) in [5.41, 5.74) is 13.9. The summed E-state index contributed by atoms with van der Waals surface area (Å²) in [5.74, 6) is 0.358. The zero-order valence-corrected chi connectivity index (χ0v) is 41.3. The van der Waals surface area contributed by atoms with Crippen molar-refractivity contribution >= 4 is 22.4 Å². The highest BCUT2D eigenvalue weighted by molar-refractivity contribution is 5.88. The fourth-order valence-corrected chi connectivity index (χ4v) is 6.82. The van der Waals surface area contributed by atoms with E-state index in [4.69, 9.17) is 0 Å². The van der Waals surface area contributed by atoms with Crippen LogP contribution < -0.4 is 5.32 Å². The van der Waals surface area contributed by atoms with Crippen LogP contribution in [-0.2, 0) is 45.7 Å². The van der Waals surface area contributed by atoms with E-state index in [0.29, 0.717) is 18.6 Å². The Hall–Kier alpha value is -4.44. The van der Waals surface area contributed by atoms with Gasteiger partial charge in [-0.15, -0.1) is 0 Å². The molecule has 3 heterocycles. The van der Waals surface area contributed by atoms with Crippen LogP contribution in [0.3, 0.4) is 0 Å². The SMILES string of the molecule is C=C1Cc2c(cccc2C(C)(C)C)N1.CC.CC.CC.CC.CC(C)(C)c1cccc2[nH]ccc12.CC(C)(C)c1cccc2c1CC(=O)C2.CC(C)(C)c1ccncc1. The molecule has 0 saturated heterocycles. The van der Waals surface area contributed by atoms with E-state index < -0.39 is 0 Å². The fraction of sp³-hybridized carbons (Fsp3) is 0.491. The van der Waals surface area contributed by atoms with E-state index in [-0.39, 0.29) is 21.7 Å². The number of aromatic amines is 1. The molecular formula is C55H85N3O. The average molecular weight is 804 g/mol. The van der Waals surface area contributed by atoms with Gasteiger partial charge in [0.2, 0.25) is 0 Å². The topological polar surface area (TPSA) is 57.8 Å². The summed E-state index contributed by atoms with van der Waals surface area (Å²) in [6, 6.07) is 25.5. The molecule has 0 atom stereocenters. The number of rotatable bonds is 0. The van der Waals surface area contributed by atoms with E-state index >= 15 is 0 Å². The second-order valence-corrected chi connectivity index (χ2v) is 18.1. The number of pyridine rings is 1. The maximum atomic E-state index is 11.4. The third-order valence-electron chi connectivity index (χ3n) is 9.48. The van der Waals surface area contributed by atoms with Crippen molar-refractivity contribution in [1.29, 1.82) is 0 Å². The number of H-pyrrole nitrogens is 1. The van der Waals surface area contributed by atoms with Gasteiger partial charge in [-0.3, -0.25) is 9.78 Å². The van der Waals surface area contributed by atoms with Gasteiger partial charge in [0.25, 0.3) is 0 Å². The molecule has 2 N–H and O–H groups in total. The number of Topliss-reactive ketones (excluding diaryl/α,β-unsaturated/α-hetero) is 1. The van der Waals surface area contributed by atoms with Gasteiger partial charge < -0.3 is 10.3 Å². The lowest BCUT2D eigenvalue weighted by Crippen LogP contribution is -2.14. The standard InChI is InChI=1S/C13H17N.C13H16O.C12H15N.C9H13N.4C2H6/c1-9-8-10-11(13(2,3)4)6-5-7-12(10)14-9;1-13(2,3)12-6-4-5-9-7-10(14)8-11(9)12;1-12(2,3)10-5-4-6-11-9(10)7-8-13-11;1-9(2,3)8-4-6-10-7-5-8;4*1-2/h5-7,14H,1,8H2,2-4H3;4-6H,7-8H2,1-3H3;4-8,13H,1-3H3;4-7H,1-3H3;4*1-2H3. The van der Waals surface area contributed by atoms with Crippen LogP contribution in [0.2, 0.25) is 0 Å². The number of nitrogens with one attached hydrogen (secondary N) is 2. The molecular weight excluding hydrogens is 719 g/mol. The molecule has 2 aromatic heterocycles. The minimum atomic E-state index is 0.149. The second-order valence-electron chi connectivity index (χ2n) is 18.1. The molecule has 0 spiro atoms. The number of carbonyl (C=O) groups is 1. The van der Waals surface area contributed by atoms with Crippen molar-refractivity contribution in [2.45, 2.75) is 179 Å². The minimum absolute atomic E-state index is 0.149. The summed E-state index contributed by atoms with van der Waals surface area (Å²) in [5, 5.41) is 4.66. The smallest absolute Gasteiger partial charge is 0.141 e. The van der Waals surface area contributed by atoms with Crippen LogP contribution in [-0.4, -0.2) is 15.8 Å². The maximum Gasteiger partial charge on any atom is 0.141 e. The molecule has 3 aromatic carbocycles. The predicted octanol–water partition coefficient (Wildman–Crippen LogP) is 16.1. The third kappa shape index (κ3) is 17.0. The largest absolute Gasteiger partial charge is 0.361 e. The van der Waals surface area contributed by atoms with Crippen molar-refractivity contribution in [3.63, 3.8) is 0 Å². The Labute approximate surface area is 363 Å². The van der Waals surface area contributed by atoms with Crippen molar-refractivity contribution < 1.29 is 4.79 Å². The van der Waals surface area contributed by atoms with Crippen molar-refractivity contribution in [2.24, 2.45) is 0 Å². The molecule has 4 heteroatoms. The molecule has 326 valence electrons. The van der Waals surface area contributed by atoms with Gasteiger partial charge in [-0.05, 0) is 90.9 Å². The second kappa shape index (κ2) is 25.2. The van der Waals surface area contributed by atoms with E-state index in [9.17, 15) is 4.79 Å². The Balaban J connectivity index is 0.000000722. The van der Waals surface area contributed by atoms with E-state index in [0.717, 1.165) is 12.1 Å². The number of fused-ring (bicyclic) bond motifs is 3. The van der Waals surface area contributed by atoms with Crippen LogP contribution >= 0.6 is 0 Å². The first kappa shape index (κ1) is 54.6. The quantitative estimate of drug-likeness (QED) is 0.164. The lowest BCUT2D eigenvalue weighted by molar-refractivity contribution is -0.117. The number of ketones is 1. The van der Waals surface area contributed by atoms with E-state index in [1.165, 1.54) is 55.5 Å². The van der Waals surface area contributed by atoms with Gasteiger partial charge in [-0.25, -0.2) is 0 Å². The van der Waals surface area contributed by atoms with Crippen LogP contribution in [0.1, 0.15) is 177 Å². The summed E-state index contributed by atoms with van der Waals surface area (Å²) in [6.45, 7) is 46.7. The molecule has 2 aliphatic rings. The monoisotopic (exact) mass is 804 g/mol. The van der Waals surface area contributed by atoms with Crippen molar-refractivity contribution in [3.8, 4) is 0 Å². The summed E-state index contributed by atoms with van der Waals surface area (Å²) in [7, 11) is 0. The summed E-state index contributed by atoms with van der Waals surface area (Å²) < 4.78 is 0. The van der Waals surface area contributed by atoms with Gasteiger partial charge >= 0.3 is 0 Å². The Morgan fingerprint density at radius 2 is 1.00 bits per heavy atom. The van der Waals surface area contributed by atoms with Gasteiger partial charge in [0.05, 0.1) is 0 Å². The van der Waals surface area contributed by atoms with Gasteiger partial charge in [0, 0.05) is 60.1 Å². The van der Waals surface area contributed by atoms with Crippen LogP contribution in [0.25, 0.3) is 10.9 Å². The summed E-state index contributed by atoms with van der Waals surface area (Å²) in [6.07, 6.45) is 7.92. The molecule has 0 amide bonds. The number of hydrogen-bond donors (Lipinski definition) is 2. The lowest BCUT2D eigenvalue weighted by atomic mass is 9.83. The third-order valence-corrected chi connectivity index (χ3v) is 9.48. The molecule has 0 radical (unpaired) electrons. The molecule has 59 heavy (non-hydrogen) atoms. The highest BCUT2D eigenvalue weighted by Gasteiger charge is 2.26. The van der Waals surface area contributed by atoms with Crippen LogP contribution in [0, 0.1) is 0 Å². The average Bonchev–Trinajstić information content (AvgIpc) is 3.94. The van der Waals surface area contributed by atoms with Crippen LogP contribution in [0.5, 0.6) is 0 Å². The molecule has 0 saturated carbocycles. The van der Waals surface area contributed by atoms with Crippen molar-refractivity contribution in [2.75, 3.05) is 5.32 Å². The molecule has 1 aliphatic carbocycles. The number of carbonyl (C=O) groups excluding carboxylic acids is 1. The number of benzene rings is 3. The zero-order valence-electron chi connectivity index (χ0n) is 41.3. The number of allylic oxidation sites excluding steroid dienone is 1. The zero-order chi connectivity index (χ0) is 45.8. The molecule has 0 unspecified atom stereocenters. The van der Waals surface area contributed by atoms with Crippen LogP contribution in [0.4, 0.5) is 5.69 Å². The van der Waals surface area contributed by atoms with E-state index in [1.54, 1.807) is 0 Å². The first-order chi connectivity index (χ1) is 27.7. The number of nitrogens with zero attached hydrogens (tertiary/aromatic N) is 1. The Bertz CT molecular complexity index is 1880. The molecule has 7 rings (SSSR count). The lowest BCUT2D eigenvalue weighted by Gasteiger charge is -2.22.